The number of nitrogens with zero attached hydrogens (tertiary/aromatic N) is 5. The largest absolute Gasteiger partial charge is 0.345 e. The molecule has 0 spiro atoms. The lowest BCUT2D eigenvalue weighted by Gasteiger charge is -2.29. The number of aromatic amines is 1. The van der Waals surface area contributed by atoms with Crippen molar-refractivity contribution in [1.29, 1.82) is 5.26 Å². The van der Waals surface area contributed by atoms with E-state index in [1.165, 1.54) is 24.8 Å². The van der Waals surface area contributed by atoms with Gasteiger partial charge in [0.05, 0.1) is 24.2 Å². The smallest absolute Gasteiger partial charge is 0.156 e. The van der Waals surface area contributed by atoms with E-state index in [0.29, 0.717) is 18.4 Å². The predicted molar refractivity (Wildman–Crippen MR) is 99.3 cm³/mol. The van der Waals surface area contributed by atoms with Crippen LogP contribution >= 0.6 is 0 Å². The first kappa shape index (κ1) is 16.7. The summed E-state index contributed by atoms with van der Waals surface area (Å²) < 4.78 is 1.78. The van der Waals surface area contributed by atoms with E-state index in [2.05, 4.69) is 32.6 Å². The average molecular weight is 349 g/mol. The van der Waals surface area contributed by atoms with Crippen molar-refractivity contribution in [3.63, 3.8) is 0 Å². The van der Waals surface area contributed by atoms with Crippen LogP contribution in [0.5, 0.6) is 0 Å². The molecule has 2 N–H and O–H groups in total. The summed E-state index contributed by atoms with van der Waals surface area (Å²) in [5.74, 6) is 0.468. The Hall–Kier alpha value is -2.72. The highest BCUT2D eigenvalue weighted by Gasteiger charge is 2.25. The number of hydrogen-bond acceptors (Lipinski definition) is 5. The Balaban J connectivity index is 1.59. The van der Waals surface area contributed by atoms with Crippen molar-refractivity contribution in [3.8, 4) is 17.3 Å². The molecule has 26 heavy (non-hydrogen) atoms. The van der Waals surface area contributed by atoms with E-state index in [9.17, 15) is 0 Å². The lowest BCUT2D eigenvalue weighted by molar-refractivity contribution is 0.343. The van der Waals surface area contributed by atoms with E-state index in [1.54, 1.807) is 10.9 Å². The average Bonchev–Trinajstić information content (AvgIpc) is 3.28. The second-order valence-electron chi connectivity index (χ2n) is 7.02. The van der Waals surface area contributed by atoms with Crippen LogP contribution in [-0.4, -0.2) is 37.3 Å². The van der Waals surface area contributed by atoms with Gasteiger partial charge in [-0.15, -0.1) is 0 Å². The summed E-state index contributed by atoms with van der Waals surface area (Å²) in [7, 11) is 1.90. The summed E-state index contributed by atoms with van der Waals surface area (Å²) in [6.07, 6.45) is 12.8. The van der Waals surface area contributed by atoms with E-state index >= 15 is 0 Å². The minimum Gasteiger partial charge on any atom is -0.345 e. The van der Waals surface area contributed by atoms with Gasteiger partial charge in [-0.25, -0.2) is 9.97 Å². The van der Waals surface area contributed by atoms with Crippen molar-refractivity contribution in [2.24, 2.45) is 7.05 Å². The molecular weight excluding hydrogens is 326 g/mol. The summed E-state index contributed by atoms with van der Waals surface area (Å²) >= 11 is 0. The maximum Gasteiger partial charge on any atom is 0.156 e. The lowest BCUT2D eigenvalue weighted by Crippen LogP contribution is -2.34. The highest BCUT2D eigenvalue weighted by atomic mass is 15.2. The third-order valence-electron chi connectivity index (χ3n) is 5.19. The second-order valence-corrected chi connectivity index (χ2v) is 7.02. The van der Waals surface area contributed by atoms with Crippen molar-refractivity contribution in [2.45, 2.75) is 44.1 Å². The Labute approximate surface area is 152 Å². The van der Waals surface area contributed by atoms with Crippen LogP contribution in [0.1, 0.15) is 43.6 Å². The Bertz CT molecular complexity index is 933. The Morgan fingerprint density at radius 2 is 2.31 bits per heavy atom. The Morgan fingerprint density at radius 3 is 3.12 bits per heavy atom. The van der Waals surface area contributed by atoms with Crippen LogP contribution in [0.3, 0.4) is 0 Å². The maximum absolute atomic E-state index is 8.72. The van der Waals surface area contributed by atoms with Crippen molar-refractivity contribution in [2.75, 3.05) is 6.54 Å². The molecule has 1 fully saturated rings. The van der Waals surface area contributed by atoms with Gasteiger partial charge in [0.2, 0.25) is 0 Å². The zero-order chi connectivity index (χ0) is 17.9. The van der Waals surface area contributed by atoms with Crippen LogP contribution in [0.2, 0.25) is 0 Å². The lowest BCUT2D eigenvalue weighted by atomic mass is 9.82. The number of nitriles is 1. The number of nitrogens with one attached hydrogen (secondary N) is 2. The summed E-state index contributed by atoms with van der Waals surface area (Å²) in [4.78, 5) is 12.7. The molecule has 0 amide bonds. The van der Waals surface area contributed by atoms with E-state index in [0.717, 1.165) is 35.4 Å². The summed E-state index contributed by atoms with van der Waals surface area (Å²) in [6.45, 7) is 0.771. The van der Waals surface area contributed by atoms with Crippen molar-refractivity contribution in [3.05, 3.63) is 30.4 Å². The van der Waals surface area contributed by atoms with E-state index in [1.807, 2.05) is 19.4 Å². The molecule has 1 saturated carbocycles. The van der Waals surface area contributed by atoms with E-state index in [4.69, 9.17) is 10.2 Å². The molecule has 134 valence electrons. The number of fused-ring (bicyclic) bond motifs is 1. The summed E-state index contributed by atoms with van der Waals surface area (Å²) in [6, 6.07) is 2.67. The fourth-order valence-electron chi connectivity index (χ4n) is 3.90. The van der Waals surface area contributed by atoms with Gasteiger partial charge in [-0.2, -0.15) is 10.4 Å². The number of hydrogen-bond donors (Lipinski definition) is 2. The third kappa shape index (κ3) is 3.33. The number of H-pyrrole nitrogens is 1. The van der Waals surface area contributed by atoms with Gasteiger partial charge in [0.25, 0.3) is 0 Å². The molecule has 0 radical (unpaired) electrons. The van der Waals surface area contributed by atoms with Gasteiger partial charge < -0.3 is 10.3 Å². The van der Waals surface area contributed by atoms with E-state index in [-0.39, 0.29) is 0 Å². The zero-order valence-corrected chi connectivity index (χ0v) is 14.9. The molecule has 7 nitrogen and oxygen atoms in total. The van der Waals surface area contributed by atoms with Gasteiger partial charge in [0, 0.05) is 49.6 Å². The molecule has 0 aromatic carbocycles. The molecule has 0 aliphatic heterocycles. The molecule has 2 unspecified atom stereocenters. The minimum atomic E-state index is 0.468. The minimum absolute atomic E-state index is 0.468. The third-order valence-corrected chi connectivity index (χ3v) is 5.19. The molecule has 4 rings (SSSR count). The Morgan fingerprint density at radius 1 is 1.38 bits per heavy atom. The molecule has 3 aromatic rings. The van der Waals surface area contributed by atoms with Gasteiger partial charge in [-0.1, -0.05) is 6.42 Å². The summed E-state index contributed by atoms with van der Waals surface area (Å²) in [5.41, 5.74) is 4.89. The Kier molecular flexibility index (Phi) is 4.67. The molecule has 1 aliphatic rings. The number of rotatable bonds is 5. The standard InChI is InChI=1S/C19H23N7/c1-26-12-14(9-24-26)17-11-23-19-18(25-17)16(10-22-19)13-4-2-5-15(8-13)21-7-3-6-20/h9-13,15,21H,2-5,7-8H2,1H3,(H,22,23). The van der Waals surface area contributed by atoms with Gasteiger partial charge in [-0.05, 0) is 25.2 Å². The first-order valence-electron chi connectivity index (χ1n) is 9.18. The summed E-state index contributed by atoms with van der Waals surface area (Å²) in [5, 5.41) is 16.5. The van der Waals surface area contributed by atoms with Gasteiger partial charge in [0.1, 0.15) is 5.52 Å². The first-order valence-corrected chi connectivity index (χ1v) is 9.18. The van der Waals surface area contributed by atoms with Crippen LogP contribution < -0.4 is 5.32 Å². The quantitative estimate of drug-likeness (QED) is 0.691. The molecular formula is C19H23N7. The predicted octanol–water partition coefficient (Wildman–Crippen LogP) is 2.89. The monoisotopic (exact) mass is 349 g/mol. The zero-order valence-electron chi connectivity index (χ0n) is 14.9. The topological polar surface area (TPSA) is 95.2 Å². The molecule has 0 saturated heterocycles. The van der Waals surface area contributed by atoms with Crippen LogP contribution in [0.25, 0.3) is 22.4 Å². The molecule has 0 bridgehead atoms. The van der Waals surface area contributed by atoms with Crippen molar-refractivity contribution >= 4 is 11.2 Å². The van der Waals surface area contributed by atoms with Gasteiger partial charge in [0.15, 0.2) is 5.65 Å². The molecule has 3 heterocycles. The molecule has 3 aromatic heterocycles. The van der Waals surface area contributed by atoms with Crippen molar-refractivity contribution in [1.82, 2.24) is 30.0 Å². The SMILES string of the molecule is Cn1cc(-c2cnc3[nH]cc(C4CCCC(NCCC#N)C4)c3n2)cn1. The van der Waals surface area contributed by atoms with Crippen molar-refractivity contribution < 1.29 is 0 Å². The molecule has 2 atom stereocenters. The van der Waals surface area contributed by atoms with Crippen LogP contribution in [0.4, 0.5) is 0 Å². The molecule has 1 aliphatic carbocycles. The van der Waals surface area contributed by atoms with E-state index < -0.39 is 0 Å². The fraction of sp³-hybridized carbons (Fsp3) is 0.474. The normalized spacial score (nSPS) is 20.3. The van der Waals surface area contributed by atoms with Crippen LogP contribution in [0, 0.1) is 11.3 Å². The van der Waals surface area contributed by atoms with Crippen LogP contribution in [0.15, 0.2) is 24.8 Å². The second kappa shape index (κ2) is 7.26. The maximum atomic E-state index is 8.72. The molecule has 7 heteroatoms. The van der Waals surface area contributed by atoms with Gasteiger partial charge in [-0.3, -0.25) is 4.68 Å². The first-order chi connectivity index (χ1) is 12.7. The highest BCUT2D eigenvalue weighted by molar-refractivity contribution is 5.78. The highest BCUT2D eigenvalue weighted by Crippen LogP contribution is 2.36. The van der Waals surface area contributed by atoms with Gasteiger partial charge >= 0.3 is 0 Å². The number of aryl methyl sites for hydroxylation is 1. The number of aromatic nitrogens is 5. The van der Waals surface area contributed by atoms with Crippen LogP contribution in [-0.2, 0) is 7.05 Å². The fourth-order valence-corrected chi connectivity index (χ4v) is 3.90.